The van der Waals surface area contributed by atoms with Crippen molar-refractivity contribution in [3.63, 3.8) is 0 Å². The number of pyridine rings is 1. The molecule has 0 radical (unpaired) electrons. The molecule has 0 fully saturated rings. The molecule has 1 rings (SSSR count). The molecule has 12 heavy (non-hydrogen) atoms. The molecule has 1 N–H and O–H groups in total. The van der Waals surface area contributed by atoms with Gasteiger partial charge in [0.05, 0.1) is 0 Å². The molecule has 1 aromatic rings. The summed E-state index contributed by atoms with van der Waals surface area (Å²) in [7, 11) is 0. The Morgan fingerprint density at radius 2 is 2.00 bits per heavy atom. The summed E-state index contributed by atoms with van der Waals surface area (Å²) >= 11 is 0. The number of aldehydes is 1. The van der Waals surface area contributed by atoms with E-state index in [0.29, 0.717) is 5.56 Å². The predicted molar refractivity (Wildman–Crippen MR) is 43.1 cm³/mol. The molecular weight excluding hydrogens is 158 g/mol. The van der Waals surface area contributed by atoms with Gasteiger partial charge in [0.1, 0.15) is 0 Å². The third-order valence-electron chi connectivity index (χ3n) is 1.07. The molecule has 1 heterocycles. The van der Waals surface area contributed by atoms with Crippen molar-refractivity contribution in [2.75, 3.05) is 0 Å². The van der Waals surface area contributed by atoms with Gasteiger partial charge in [-0.05, 0) is 19.1 Å². The Kier molecular flexibility index (Phi) is 5.17. The van der Waals surface area contributed by atoms with E-state index in [1.165, 1.54) is 0 Å². The van der Waals surface area contributed by atoms with Crippen LogP contribution in [0.3, 0.4) is 0 Å². The maximum Gasteiger partial charge on any atom is 0.290 e. The smallest absolute Gasteiger partial charge is 0.290 e. The van der Waals surface area contributed by atoms with E-state index in [1.54, 1.807) is 12.3 Å². The molecule has 0 aliphatic heterocycles. The number of rotatable bonds is 1. The summed E-state index contributed by atoms with van der Waals surface area (Å²) in [5.41, 5.74) is 1.56. The Morgan fingerprint density at radius 1 is 1.42 bits per heavy atom. The molecule has 0 spiro atoms. The Bertz CT molecular complexity index is 243. The van der Waals surface area contributed by atoms with Gasteiger partial charge in [0, 0.05) is 17.5 Å². The molecule has 4 heteroatoms. The molecule has 0 unspecified atom stereocenters. The molecule has 4 nitrogen and oxygen atoms in total. The number of aromatic nitrogens is 1. The summed E-state index contributed by atoms with van der Waals surface area (Å²) in [5, 5.41) is 6.89. The first kappa shape index (κ1) is 10.3. The van der Waals surface area contributed by atoms with Crippen LogP contribution < -0.4 is 0 Å². The van der Waals surface area contributed by atoms with Crippen molar-refractivity contribution in [3.8, 4) is 0 Å². The maximum absolute atomic E-state index is 10.1. The van der Waals surface area contributed by atoms with Crippen LogP contribution in [-0.2, 0) is 4.79 Å². The third kappa shape index (κ3) is 4.16. The SMILES string of the molecule is Cc1ccc(C=O)cn1.O=CO. The largest absolute Gasteiger partial charge is 0.483 e. The topological polar surface area (TPSA) is 67.3 Å². The quantitative estimate of drug-likeness (QED) is 0.631. The number of aryl methyl sites for hydroxylation is 1. The molecule has 64 valence electrons. The lowest BCUT2D eigenvalue weighted by molar-refractivity contribution is -0.122. The first-order valence-electron chi connectivity index (χ1n) is 3.20. The van der Waals surface area contributed by atoms with E-state index in [2.05, 4.69) is 4.98 Å². The Hall–Kier alpha value is -1.71. The summed E-state index contributed by atoms with van der Waals surface area (Å²) in [6, 6.07) is 3.55. The van der Waals surface area contributed by atoms with Crippen LogP contribution in [0.5, 0.6) is 0 Å². The second-order valence-electron chi connectivity index (χ2n) is 1.96. The van der Waals surface area contributed by atoms with E-state index in [1.807, 2.05) is 13.0 Å². The molecule has 0 bridgehead atoms. The van der Waals surface area contributed by atoms with Crippen LogP contribution >= 0.6 is 0 Å². The molecule has 0 aromatic carbocycles. The van der Waals surface area contributed by atoms with Gasteiger partial charge in [0.2, 0.25) is 0 Å². The van der Waals surface area contributed by atoms with Gasteiger partial charge in [0.15, 0.2) is 6.29 Å². The van der Waals surface area contributed by atoms with Crippen molar-refractivity contribution >= 4 is 12.8 Å². The Labute approximate surface area is 69.9 Å². The van der Waals surface area contributed by atoms with Crippen LogP contribution in [0.1, 0.15) is 16.1 Å². The van der Waals surface area contributed by atoms with E-state index in [9.17, 15) is 4.79 Å². The van der Waals surface area contributed by atoms with Crippen LogP contribution in [-0.4, -0.2) is 22.8 Å². The lowest BCUT2D eigenvalue weighted by atomic mass is 10.3. The van der Waals surface area contributed by atoms with Gasteiger partial charge in [-0.25, -0.2) is 0 Å². The van der Waals surface area contributed by atoms with Crippen molar-refractivity contribution in [3.05, 3.63) is 29.6 Å². The molecule has 1 aromatic heterocycles. The highest BCUT2D eigenvalue weighted by atomic mass is 16.3. The Balaban J connectivity index is 0.000000354. The maximum atomic E-state index is 10.1. The highest BCUT2D eigenvalue weighted by Gasteiger charge is 1.86. The summed E-state index contributed by atoms with van der Waals surface area (Å²) < 4.78 is 0. The minimum Gasteiger partial charge on any atom is -0.483 e. The van der Waals surface area contributed by atoms with Gasteiger partial charge in [-0.1, -0.05) is 0 Å². The average Bonchev–Trinajstić information content (AvgIpc) is 2.07. The van der Waals surface area contributed by atoms with Crippen LogP contribution in [0.2, 0.25) is 0 Å². The molecule has 0 saturated carbocycles. The minimum absolute atomic E-state index is 0.250. The van der Waals surface area contributed by atoms with Crippen molar-refractivity contribution in [1.82, 2.24) is 4.98 Å². The molecular formula is C8H9NO3. The van der Waals surface area contributed by atoms with Crippen molar-refractivity contribution in [2.24, 2.45) is 0 Å². The molecule has 0 aliphatic carbocycles. The molecule has 0 aliphatic rings. The van der Waals surface area contributed by atoms with Crippen LogP contribution in [0.4, 0.5) is 0 Å². The summed E-state index contributed by atoms with van der Waals surface area (Å²) in [6.45, 7) is 1.63. The van der Waals surface area contributed by atoms with E-state index in [-0.39, 0.29) is 6.47 Å². The number of hydrogen-bond donors (Lipinski definition) is 1. The predicted octanol–water partition coefficient (Wildman–Crippen LogP) is 0.903. The normalized spacial score (nSPS) is 7.75. The fraction of sp³-hybridized carbons (Fsp3) is 0.125. The van der Waals surface area contributed by atoms with Crippen molar-refractivity contribution in [1.29, 1.82) is 0 Å². The zero-order chi connectivity index (χ0) is 9.40. The van der Waals surface area contributed by atoms with E-state index >= 15 is 0 Å². The zero-order valence-corrected chi connectivity index (χ0v) is 6.60. The average molecular weight is 167 g/mol. The number of carbonyl (C=O) groups excluding carboxylic acids is 1. The zero-order valence-electron chi connectivity index (χ0n) is 6.60. The first-order valence-corrected chi connectivity index (χ1v) is 3.20. The fourth-order valence-corrected chi connectivity index (χ4v) is 0.549. The summed E-state index contributed by atoms with van der Waals surface area (Å²) in [4.78, 5) is 22.4. The third-order valence-corrected chi connectivity index (χ3v) is 1.07. The molecule has 0 saturated heterocycles. The molecule has 0 amide bonds. The number of hydrogen-bond acceptors (Lipinski definition) is 3. The van der Waals surface area contributed by atoms with Gasteiger partial charge < -0.3 is 5.11 Å². The lowest BCUT2D eigenvalue weighted by Crippen LogP contribution is -1.82. The fourth-order valence-electron chi connectivity index (χ4n) is 0.549. The lowest BCUT2D eigenvalue weighted by Gasteiger charge is -1.88. The van der Waals surface area contributed by atoms with Gasteiger partial charge in [0.25, 0.3) is 6.47 Å². The van der Waals surface area contributed by atoms with Crippen LogP contribution in [0.15, 0.2) is 18.3 Å². The number of carbonyl (C=O) groups is 2. The van der Waals surface area contributed by atoms with Crippen molar-refractivity contribution in [2.45, 2.75) is 6.92 Å². The van der Waals surface area contributed by atoms with Gasteiger partial charge in [-0.2, -0.15) is 0 Å². The standard InChI is InChI=1S/C7H7NO.CH2O2/c1-6-2-3-7(5-9)4-8-6;2-1-3/h2-5H,1H3;1H,(H,2,3). The second-order valence-corrected chi connectivity index (χ2v) is 1.96. The highest BCUT2D eigenvalue weighted by Crippen LogP contribution is 1.94. The minimum atomic E-state index is -0.250. The van der Waals surface area contributed by atoms with Crippen LogP contribution in [0.25, 0.3) is 0 Å². The monoisotopic (exact) mass is 167 g/mol. The van der Waals surface area contributed by atoms with Crippen LogP contribution in [0, 0.1) is 6.92 Å². The number of carboxylic acid groups (broad SMARTS) is 1. The van der Waals surface area contributed by atoms with Crippen molar-refractivity contribution < 1.29 is 14.7 Å². The summed E-state index contributed by atoms with van der Waals surface area (Å²) in [5.74, 6) is 0. The van der Waals surface area contributed by atoms with Gasteiger partial charge in [-0.3, -0.25) is 14.6 Å². The van der Waals surface area contributed by atoms with E-state index in [4.69, 9.17) is 9.90 Å². The van der Waals surface area contributed by atoms with Gasteiger partial charge >= 0.3 is 0 Å². The van der Waals surface area contributed by atoms with E-state index < -0.39 is 0 Å². The first-order chi connectivity index (χ1) is 5.74. The number of nitrogens with zero attached hydrogens (tertiary/aromatic N) is 1. The summed E-state index contributed by atoms with van der Waals surface area (Å²) in [6.07, 6.45) is 2.34. The Morgan fingerprint density at radius 3 is 2.33 bits per heavy atom. The van der Waals surface area contributed by atoms with Gasteiger partial charge in [-0.15, -0.1) is 0 Å². The highest BCUT2D eigenvalue weighted by molar-refractivity contribution is 5.73. The van der Waals surface area contributed by atoms with E-state index in [0.717, 1.165) is 12.0 Å². The molecule has 0 atom stereocenters. The second kappa shape index (κ2) is 6.03.